The lowest BCUT2D eigenvalue weighted by molar-refractivity contribution is -0.196. The maximum absolute atomic E-state index is 10.8. The van der Waals surface area contributed by atoms with Crippen molar-refractivity contribution >= 4 is 11.9 Å². The molecule has 1 fully saturated rings. The molecule has 1 heterocycles. The van der Waals surface area contributed by atoms with Crippen LogP contribution in [-0.2, 0) is 14.3 Å². The summed E-state index contributed by atoms with van der Waals surface area (Å²) in [5.41, 5.74) is 0. The molecular weight excluding hydrogens is 160 g/mol. The predicted molar refractivity (Wildman–Crippen MR) is 40.5 cm³/mol. The van der Waals surface area contributed by atoms with Gasteiger partial charge in [0.1, 0.15) is 5.92 Å². The Morgan fingerprint density at radius 2 is 2.25 bits per heavy atom. The maximum atomic E-state index is 10.8. The van der Waals surface area contributed by atoms with Crippen molar-refractivity contribution in [3.63, 3.8) is 0 Å². The fourth-order valence-electron chi connectivity index (χ4n) is 1.30. The predicted octanol–water partition coefficient (Wildman–Crippen LogP) is 0.659. The van der Waals surface area contributed by atoms with Crippen LogP contribution in [0.5, 0.6) is 0 Å². The van der Waals surface area contributed by atoms with Crippen LogP contribution in [0.15, 0.2) is 0 Å². The molecule has 0 aromatic heterocycles. The van der Waals surface area contributed by atoms with Crippen LogP contribution in [0, 0.1) is 11.8 Å². The van der Waals surface area contributed by atoms with Crippen molar-refractivity contribution in [2.24, 2.45) is 11.8 Å². The quantitative estimate of drug-likeness (QED) is 0.635. The molecule has 1 aliphatic rings. The van der Waals surface area contributed by atoms with E-state index in [-0.39, 0.29) is 5.97 Å². The number of ether oxygens (including phenoxy) is 1. The molecule has 0 spiro atoms. The maximum Gasteiger partial charge on any atom is 0.345 e. The van der Waals surface area contributed by atoms with E-state index in [1.165, 1.54) is 0 Å². The molecule has 0 saturated carbocycles. The average Bonchev–Trinajstić information content (AvgIpc) is 1.95. The number of aliphatic carboxylic acids is 1. The number of cyclic esters (lactones) is 1. The molecule has 0 bridgehead atoms. The Labute approximate surface area is 70.5 Å². The van der Waals surface area contributed by atoms with Crippen LogP contribution < -0.4 is 0 Å². The summed E-state index contributed by atoms with van der Waals surface area (Å²) in [4.78, 5) is 21.2. The summed E-state index contributed by atoms with van der Waals surface area (Å²) >= 11 is 0. The molecule has 4 nitrogen and oxygen atoms in total. The summed E-state index contributed by atoms with van der Waals surface area (Å²) in [7, 11) is 0. The number of hydrogen-bond acceptors (Lipinski definition) is 3. The summed E-state index contributed by atoms with van der Waals surface area (Å²) in [5, 5.41) is 8.56. The number of carbonyl (C=O) groups is 2. The third-order valence-corrected chi connectivity index (χ3v) is 1.88. The van der Waals surface area contributed by atoms with Crippen LogP contribution in [0.4, 0.5) is 0 Å². The highest BCUT2D eigenvalue weighted by Crippen LogP contribution is 2.28. The average molecular weight is 172 g/mol. The Kier molecular flexibility index (Phi) is 2.35. The van der Waals surface area contributed by atoms with E-state index < -0.39 is 18.0 Å². The summed E-state index contributed by atoms with van der Waals surface area (Å²) in [6.07, 6.45) is -0.310. The van der Waals surface area contributed by atoms with Gasteiger partial charge in [-0.2, -0.15) is 0 Å². The van der Waals surface area contributed by atoms with Gasteiger partial charge in [-0.3, -0.25) is 4.79 Å². The summed E-state index contributed by atoms with van der Waals surface area (Å²) in [5.74, 6) is -1.52. The van der Waals surface area contributed by atoms with Gasteiger partial charge in [-0.25, -0.2) is 4.79 Å². The third-order valence-electron chi connectivity index (χ3n) is 1.88. The van der Waals surface area contributed by atoms with Crippen LogP contribution >= 0.6 is 0 Å². The van der Waals surface area contributed by atoms with Gasteiger partial charge in [0.05, 0.1) is 0 Å². The van der Waals surface area contributed by atoms with Crippen molar-refractivity contribution in [1.29, 1.82) is 0 Å². The van der Waals surface area contributed by atoms with Gasteiger partial charge >= 0.3 is 11.9 Å². The zero-order valence-corrected chi connectivity index (χ0v) is 7.11. The minimum absolute atomic E-state index is 0.324. The first-order valence-electron chi connectivity index (χ1n) is 3.95. The Hall–Kier alpha value is -1.06. The molecule has 12 heavy (non-hydrogen) atoms. The molecule has 1 N–H and O–H groups in total. The number of rotatable bonds is 3. The fourth-order valence-corrected chi connectivity index (χ4v) is 1.30. The Bertz CT molecular complexity index is 209. The Balaban J connectivity index is 2.50. The lowest BCUT2D eigenvalue weighted by Crippen LogP contribution is -2.50. The molecule has 0 aromatic carbocycles. The number of hydrogen-bond donors (Lipinski definition) is 1. The third kappa shape index (κ3) is 1.57. The molecule has 4 heteroatoms. The van der Waals surface area contributed by atoms with Crippen molar-refractivity contribution in [2.45, 2.75) is 26.4 Å². The summed E-state index contributed by atoms with van der Waals surface area (Å²) in [6.45, 7) is 3.90. The monoisotopic (exact) mass is 172 g/mol. The van der Waals surface area contributed by atoms with E-state index in [1.54, 1.807) is 0 Å². The van der Waals surface area contributed by atoms with E-state index in [0.717, 1.165) is 0 Å². The topological polar surface area (TPSA) is 63.6 Å². The van der Waals surface area contributed by atoms with Gasteiger partial charge < -0.3 is 9.84 Å². The Morgan fingerprint density at radius 3 is 2.58 bits per heavy atom. The van der Waals surface area contributed by atoms with Crippen molar-refractivity contribution < 1.29 is 19.4 Å². The molecule has 68 valence electrons. The lowest BCUT2D eigenvalue weighted by Gasteiger charge is -2.32. The number of carbonyl (C=O) groups excluding carboxylic acids is 1. The van der Waals surface area contributed by atoms with E-state index in [1.807, 2.05) is 13.8 Å². The number of carboxylic acids is 1. The van der Waals surface area contributed by atoms with Gasteiger partial charge in [0.15, 0.2) is 0 Å². The molecular formula is C8H12O4. The molecule has 1 saturated heterocycles. The highest BCUT2D eigenvalue weighted by Gasteiger charge is 2.47. The van der Waals surface area contributed by atoms with E-state index in [0.29, 0.717) is 12.3 Å². The zero-order chi connectivity index (χ0) is 9.30. The SMILES string of the molecule is CC(C)CC1C(=O)OC1C(=O)O. The van der Waals surface area contributed by atoms with Gasteiger partial charge in [-0.1, -0.05) is 13.8 Å². The lowest BCUT2D eigenvalue weighted by atomic mass is 9.88. The van der Waals surface area contributed by atoms with Crippen LogP contribution in [0.1, 0.15) is 20.3 Å². The second-order valence-corrected chi connectivity index (χ2v) is 3.43. The molecule has 1 aliphatic heterocycles. The standard InChI is InChI=1S/C8H12O4/c1-4(2)3-5-6(7(9)10)12-8(5)11/h4-6H,3H2,1-2H3,(H,9,10). The van der Waals surface area contributed by atoms with Crippen molar-refractivity contribution in [3.8, 4) is 0 Å². The van der Waals surface area contributed by atoms with Crippen molar-refractivity contribution in [1.82, 2.24) is 0 Å². The van der Waals surface area contributed by atoms with Gasteiger partial charge in [0, 0.05) is 0 Å². The zero-order valence-electron chi connectivity index (χ0n) is 7.11. The number of esters is 1. The van der Waals surface area contributed by atoms with E-state index in [4.69, 9.17) is 5.11 Å². The van der Waals surface area contributed by atoms with E-state index in [2.05, 4.69) is 4.74 Å². The first kappa shape index (κ1) is 9.03. The van der Waals surface area contributed by atoms with E-state index >= 15 is 0 Å². The molecule has 2 unspecified atom stereocenters. The van der Waals surface area contributed by atoms with Crippen LogP contribution in [-0.4, -0.2) is 23.1 Å². The van der Waals surface area contributed by atoms with Crippen molar-refractivity contribution in [2.75, 3.05) is 0 Å². The van der Waals surface area contributed by atoms with Gasteiger partial charge in [-0.15, -0.1) is 0 Å². The summed E-state index contributed by atoms with van der Waals surface area (Å²) in [6, 6.07) is 0. The van der Waals surface area contributed by atoms with Gasteiger partial charge in [0.2, 0.25) is 6.10 Å². The largest absolute Gasteiger partial charge is 0.478 e. The minimum Gasteiger partial charge on any atom is -0.478 e. The van der Waals surface area contributed by atoms with Gasteiger partial charge in [-0.05, 0) is 12.3 Å². The Morgan fingerprint density at radius 1 is 1.67 bits per heavy atom. The first-order valence-corrected chi connectivity index (χ1v) is 3.95. The second-order valence-electron chi connectivity index (χ2n) is 3.43. The molecule has 0 aromatic rings. The molecule has 0 radical (unpaired) electrons. The fraction of sp³-hybridized carbons (Fsp3) is 0.750. The molecule has 0 amide bonds. The van der Waals surface area contributed by atoms with E-state index in [9.17, 15) is 9.59 Å². The van der Waals surface area contributed by atoms with Crippen LogP contribution in [0.3, 0.4) is 0 Å². The molecule has 0 aliphatic carbocycles. The summed E-state index contributed by atoms with van der Waals surface area (Å²) < 4.78 is 4.48. The highest BCUT2D eigenvalue weighted by atomic mass is 16.6. The number of carboxylic acid groups (broad SMARTS) is 1. The normalized spacial score (nSPS) is 28.1. The van der Waals surface area contributed by atoms with Crippen LogP contribution in [0.25, 0.3) is 0 Å². The first-order chi connectivity index (χ1) is 5.52. The minimum atomic E-state index is -1.04. The highest BCUT2D eigenvalue weighted by molar-refractivity contribution is 5.90. The smallest absolute Gasteiger partial charge is 0.345 e. The van der Waals surface area contributed by atoms with Crippen LogP contribution in [0.2, 0.25) is 0 Å². The van der Waals surface area contributed by atoms with Gasteiger partial charge in [0.25, 0.3) is 0 Å². The second kappa shape index (κ2) is 3.13. The molecule has 1 rings (SSSR count). The van der Waals surface area contributed by atoms with Crippen molar-refractivity contribution in [3.05, 3.63) is 0 Å². The molecule has 2 atom stereocenters.